The van der Waals surface area contributed by atoms with Crippen molar-refractivity contribution in [3.63, 3.8) is 0 Å². The summed E-state index contributed by atoms with van der Waals surface area (Å²) in [7, 11) is 8.02. The van der Waals surface area contributed by atoms with Crippen LogP contribution in [0.25, 0.3) is 32.9 Å². The van der Waals surface area contributed by atoms with Crippen LogP contribution in [0.5, 0.6) is 0 Å². The van der Waals surface area contributed by atoms with Crippen LogP contribution in [0, 0.1) is 24.1 Å². The van der Waals surface area contributed by atoms with Crippen LogP contribution in [0.4, 0.5) is 10.2 Å². The van der Waals surface area contributed by atoms with Gasteiger partial charge in [0.1, 0.15) is 11.3 Å². The molecule has 0 radical (unpaired) electrons. The average Bonchev–Trinajstić information content (AvgIpc) is 3.72. The molecular formula is C38H42Cl2FN9O. The molecule has 2 fully saturated rings. The van der Waals surface area contributed by atoms with Crippen molar-refractivity contribution in [1.82, 2.24) is 29.5 Å². The Morgan fingerprint density at radius 3 is 2.63 bits per heavy atom. The van der Waals surface area contributed by atoms with Gasteiger partial charge in [-0.3, -0.25) is 14.5 Å². The molecule has 10 nitrogen and oxygen atoms in total. The summed E-state index contributed by atoms with van der Waals surface area (Å²) >= 11 is 13.8. The van der Waals surface area contributed by atoms with Crippen LogP contribution >= 0.6 is 23.2 Å². The molecule has 13 heteroatoms. The second kappa shape index (κ2) is 13.5. The number of nitriles is 1. The third-order valence-electron chi connectivity index (χ3n) is 10.9. The van der Waals surface area contributed by atoms with Crippen molar-refractivity contribution in [1.29, 1.82) is 5.26 Å². The summed E-state index contributed by atoms with van der Waals surface area (Å²) in [5.74, 6) is 0.0373. The standard InChI is InChI=1S/C38H42Cl2FN9O/c1-22-29(39)14-23-17-43-18-27(23)32(22)33-30(40)16-26-35(34(33)41)45-37(48-20-38(2,21-48)47(5)6)28-19-44-50(36(26)28)25-10-13-49(24(15-25)9-11-42)31(51)8-7-12-46(3)4/h7-8,14,16,18-19,24-25H,9-10,12-13,15,17,20-21H2,1-6H3/b8-7+/t24-,25+/m1/s1. The fourth-order valence-corrected chi connectivity index (χ4v) is 8.29. The van der Waals surface area contributed by atoms with Crippen LogP contribution in [-0.2, 0) is 11.3 Å². The summed E-state index contributed by atoms with van der Waals surface area (Å²) in [5, 5.41) is 16.8. The molecule has 266 valence electrons. The van der Waals surface area contributed by atoms with E-state index in [1.54, 1.807) is 23.3 Å². The van der Waals surface area contributed by atoms with Crippen LogP contribution in [0.15, 0.2) is 35.5 Å². The molecule has 0 N–H and O–H groups in total. The Bertz CT molecular complexity index is 2160. The van der Waals surface area contributed by atoms with Gasteiger partial charge >= 0.3 is 0 Å². The number of anilines is 1. The van der Waals surface area contributed by atoms with Crippen molar-refractivity contribution in [2.75, 3.05) is 59.3 Å². The van der Waals surface area contributed by atoms with E-state index >= 15 is 4.39 Å². The summed E-state index contributed by atoms with van der Waals surface area (Å²) < 4.78 is 19.3. The Balaban J connectivity index is 1.37. The van der Waals surface area contributed by atoms with Crippen molar-refractivity contribution >= 4 is 62.9 Å². The number of piperidine rings is 1. The molecule has 2 aromatic heterocycles. The number of benzene rings is 2. The van der Waals surface area contributed by atoms with Gasteiger partial charge in [-0.25, -0.2) is 9.37 Å². The maximum Gasteiger partial charge on any atom is 0.246 e. The number of likely N-dealkylation sites (tertiary alicyclic amines) is 1. The normalized spacial score (nSPS) is 19.9. The molecule has 3 aliphatic rings. The van der Waals surface area contributed by atoms with Crippen molar-refractivity contribution < 1.29 is 9.18 Å². The van der Waals surface area contributed by atoms with Gasteiger partial charge in [-0.1, -0.05) is 29.3 Å². The highest BCUT2D eigenvalue weighted by Gasteiger charge is 2.43. The Hall–Kier alpha value is -4.08. The molecule has 2 aromatic carbocycles. The molecule has 51 heavy (non-hydrogen) atoms. The molecule has 2 atom stereocenters. The Kier molecular flexibility index (Phi) is 9.34. The van der Waals surface area contributed by atoms with E-state index < -0.39 is 5.82 Å². The number of carbonyl (C=O) groups is 1. The minimum Gasteiger partial charge on any atom is -0.352 e. The number of fused-ring (bicyclic) bond motifs is 4. The SMILES string of the molecule is Cc1c(Cl)cc2c(c1-c1c(Cl)cc3c(nc(N4CC(C)(N(C)C)C4)c4cnn([C@H]5CCN(C(=O)/C=C/CN(C)C)[C@H](CC#N)C5)c43)c1F)C=NC2. The molecule has 4 aromatic rings. The molecule has 5 heterocycles. The van der Waals surface area contributed by atoms with E-state index in [0.717, 1.165) is 27.6 Å². The van der Waals surface area contributed by atoms with Gasteiger partial charge in [0.2, 0.25) is 5.91 Å². The van der Waals surface area contributed by atoms with Gasteiger partial charge in [0.15, 0.2) is 5.82 Å². The number of pyridine rings is 1. The average molecular weight is 731 g/mol. The van der Waals surface area contributed by atoms with Crippen LogP contribution in [0.1, 0.15) is 48.9 Å². The molecule has 1 amide bonds. The molecule has 0 saturated carbocycles. The first-order chi connectivity index (χ1) is 24.3. The van der Waals surface area contributed by atoms with Crippen molar-refractivity contribution in [2.24, 2.45) is 4.99 Å². The molecule has 7 rings (SSSR count). The zero-order valence-electron chi connectivity index (χ0n) is 29.8. The predicted octanol–water partition coefficient (Wildman–Crippen LogP) is 6.64. The number of nitrogens with zero attached hydrogens (tertiary/aromatic N) is 9. The number of hydrogen-bond donors (Lipinski definition) is 0. The molecule has 0 spiro atoms. The number of rotatable bonds is 8. The lowest BCUT2D eigenvalue weighted by Crippen LogP contribution is -2.67. The van der Waals surface area contributed by atoms with Gasteiger partial charge in [-0.15, -0.1) is 0 Å². The molecular weight excluding hydrogens is 688 g/mol. The van der Waals surface area contributed by atoms with Crippen LogP contribution < -0.4 is 4.90 Å². The number of likely N-dealkylation sites (N-methyl/N-ethyl adjacent to an activating group) is 2. The molecule has 2 saturated heterocycles. The zero-order chi connectivity index (χ0) is 36.4. The Morgan fingerprint density at radius 2 is 1.92 bits per heavy atom. The first kappa shape index (κ1) is 35.3. The second-order valence-corrected chi connectivity index (χ2v) is 15.6. The Labute approximate surface area is 307 Å². The van der Waals surface area contributed by atoms with Crippen molar-refractivity contribution in [3.05, 3.63) is 63.0 Å². The number of halogens is 3. The van der Waals surface area contributed by atoms with E-state index in [9.17, 15) is 10.1 Å². The summed E-state index contributed by atoms with van der Waals surface area (Å²) in [6.07, 6.45) is 8.36. The maximum atomic E-state index is 17.3. The summed E-state index contributed by atoms with van der Waals surface area (Å²) in [4.78, 5) is 30.9. The smallest absolute Gasteiger partial charge is 0.246 e. The fourth-order valence-electron chi connectivity index (χ4n) is 7.77. The lowest BCUT2D eigenvalue weighted by atomic mass is 9.90. The van der Waals surface area contributed by atoms with Crippen LogP contribution in [0.3, 0.4) is 0 Å². The highest BCUT2D eigenvalue weighted by atomic mass is 35.5. The number of aliphatic imine (C=N–C) groups is 1. The highest BCUT2D eigenvalue weighted by molar-refractivity contribution is 6.36. The molecule has 0 aliphatic carbocycles. The maximum absolute atomic E-state index is 17.3. The van der Waals surface area contributed by atoms with Gasteiger partial charge in [0.25, 0.3) is 0 Å². The Morgan fingerprint density at radius 1 is 1.16 bits per heavy atom. The first-order valence-electron chi connectivity index (χ1n) is 17.2. The molecule has 3 aliphatic heterocycles. The lowest BCUT2D eigenvalue weighted by molar-refractivity contribution is -0.130. The van der Waals surface area contributed by atoms with Crippen LogP contribution in [0.2, 0.25) is 10.0 Å². The topological polar surface area (TPSA) is 96.9 Å². The third kappa shape index (κ3) is 6.06. The highest BCUT2D eigenvalue weighted by Crippen LogP contribution is 2.46. The fraction of sp³-hybridized carbons (Fsp3) is 0.447. The van der Waals surface area contributed by atoms with E-state index in [-0.39, 0.29) is 46.1 Å². The summed E-state index contributed by atoms with van der Waals surface area (Å²) in [6, 6.07) is 5.53. The van der Waals surface area contributed by atoms with Crippen molar-refractivity contribution in [2.45, 2.75) is 57.3 Å². The van der Waals surface area contributed by atoms with Gasteiger partial charge in [-0.05, 0) is 83.7 Å². The monoisotopic (exact) mass is 729 g/mol. The van der Waals surface area contributed by atoms with E-state index in [1.807, 2.05) is 48.9 Å². The van der Waals surface area contributed by atoms with E-state index in [0.29, 0.717) is 67.4 Å². The lowest BCUT2D eigenvalue weighted by Gasteiger charge is -2.52. The van der Waals surface area contributed by atoms with E-state index in [4.69, 9.17) is 33.3 Å². The quantitative estimate of drug-likeness (QED) is 0.188. The van der Waals surface area contributed by atoms with E-state index in [1.165, 1.54) is 0 Å². The predicted molar refractivity (Wildman–Crippen MR) is 202 cm³/mol. The van der Waals surface area contributed by atoms with Gasteiger partial charge in [0, 0.05) is 66.0 Å². The number of amides is 1. The summed E-state index contributed by atoms with van der Waals surface area (Å²) in [5.41, 5.74) is 4.21. The molecule has 0 bridgehead atoms. The largest absolute Gasteiger partial charge is 0.352 e. The zero-order valence-corrected chi connectivity index (χ0v) is 31.4. The third-order valence-corrected chi connectivity index (χ3v) is 11.6. The molecule has 0 unspecified atom stereocenters. The summed E-state index contributed by atoms with van der Waals surface area (Å²) in [6.45, 7) is 7.08. The minimum absolute atomic E-state index is 0.0642. The number of hydrogen-bond acceptors (Lipinski definition) is 8. The minimum atomic E-state index is -0.524. The van der Waals surface area contributed by atoms with Crippen LogP contribution in [-0.4, -0.2) is 108 Å². The van der Waals surface area contributed by atoms with Gasteiger partial charge in [0.05, 0.1) is 52.7 Å². The number of aromatic nitrogens is 3. The van der Waals surface area contributed by atoms with Gasteiger partial charge in [-0.2, -0.15) is 10.4 Å². The van der Waals surface area contributed by atoms with Gasteiger partial charge < -0.3 is 19.6 Å². The second-order valence-electron chi connectivity index (χ2n) is 14.8. The number of carbonyl (C=O) groups excluding carboxylic acids is 1. The van der Waals surface area contributed by atoms with Crippen molar-refractivity contribution in [3.8, 4) is 17.2 Å². The first-order valence-corrected chi connectivity index (χ1v) is 18.0. The van der Waals surface area contributed by atoms with E-state index in [2.05, 4.69) is 41.9 Å².